The molecule has 11 heteroatoms. The van der Waals surface area contributed by atoms with Gasteiger partial charge in [0, 0.05) is 18.1 Å². The largest absolute Gasteiger partial charge is 0.388 e. The predicted molar refractivity (Wildman–Crippen MR) is 108 cm³/mol. The molecule has 2 rings (SSSR count). The van der Waals surface area contributed by atoms with Gasteiger partial charge in [0.2, 0.25) is 0 Å². The molecule has 168 valence electrons. The summed E-state index contributed by atoms with van der Waals surface area (Å²) in [4.78, 5) is 0. The standard InChI is InChI=1S/C10H20O5S.C7H14O4S/c1-2-3-4-14-10-9(13)8(12)7(11)6(5-16)15-10;1-3-5(8)7(10)6(9)4(2-12)11-3/h6-13,16H,2-5H2,1H3;3-10,12H,2H2,1H3. The fraction of sp³-hybridized carbons (Fsp3) is 1.00. The second-order valence-corrected chi connectivity index (χ2v) is 7.69. The minimum Gasteiger partial charge on any atom is -0.388 e. The van der Waals surface area contributed by atoms with Gasteiger partial charge >= 0.3 is 0 Å². The molecule has 0 saturated carbocycles. The zero-order chi connectivity index (χ0) is 21.4. The lowest BCUT2D eigenvalue weighted by atomic mass is 9.97. The maximum Gasteiger partial charge on any atom is 0.186 e. The molecule has 10 unspecified atom stereocenters. The lowest BCUT2D eigenvalue weighted by molar-refractivity contribution is -0.292. The van der Waals surface area contributed by atoms with Crippen molar-refractivity contribution in [2.75, 3.05) is 18.1 Å². The Balaban J connectivity index is 0.000000292. The van der Waals surface area contributed by atoms with E-state index >= 15 is 0 Å². The Bertz CT molecular complexity index is 427. The summed E-state index contributed by atoms with van der Waals surface area (Å²) >= 11 is 7.97. The molecule has 28 heavy (non-hydrogen) atoms. The van der Waals surface area contributed by atoms with E-state index in [2.05, 4.69) is 25.3 Å². The number of hydrogen-bond donors (Lipinski definition) is 8. The van der Waals surface area contributed by atoms with Gasteiger partial charge in [0.15, 0.2) is 6.29 Å². The van der Waals surface area contributed by atoms with Crippen LogP contribution in [0.4, 0.5) is 0 Å². The van der Waals surface area contributed by atoms with Crippen LogP contribution in [0.5, 0.6) is 0 Å². The van der Waals surface area contributed by atoms with Gasteiger partial charge in [-0.25, -0.2) is 0 Å². The van der Waals surface area contributed by atoms with E-state index < -0.39 is 61.2 Å². The van der Waals surface area contributed by atoms with Crippen LogP contribution in [0.25, 0.3) is 0 Å². The van der Waals surface area contributed by atoms with Gasteiger partial charge in [-0.05, 0) is 13.3 Å². The van der Waals surface area contributed by atoms with E-state index in [1.54, 1.807) is 6.92 Å². The molecule has 2 aliphatic rings. The lowest BCUT2D eigenvalue weighted by Gasteiger charge is -2.39. The quantitative estimate of drug-likeness (QED) is 0.177. The highest BCUT2D eigenvalue weighted by Crippen LogP contribution is 2.23. The second kappa shape index (κ2) is 12.9. The van der Waals surface area contributed by atoms with Crippen molar-refractivity contribution in [2.24, 2.45) is 0 Å². The summed E-state index contributed by atoms with van der Waals surface area (Å²) in [5.74, 6) is 0.591. The molecule has 2 saturated heterocycles. The molecule has 2 fully saturated rings. The minimum atomic E-state index is -1.25. The Labute approximate surface area is 176 Å². The van der Waals surface area contributed by atoms with Gasteiger partial charge in [0.05, 0.1) is 18.3 Å². The van der Waals surface area contributed by atoms with Crippen LogP contribution in [0.2, 0.25) is 0 Å². The van der Waals surface area contributed by atoms with Gasteiger partial charge in [0.1, 0.15) is 36.6 Å². The molecule has 0 aliphatic carbocycles. The molecule has 9 nitrogen and oxygen atoms in total. The van der Waals surface area contributed by atoms with Crippen molar-refractivity contribution >= 4 is 25.3 Å². The average Bonchev–Trinajstić information content (AvgIpc) is 2.69. The summed E-state index contributed by atoms with van der Waals surface area (Å²) < 4.78 is 15.8. The Kier molecular flexibility index (Phi) is 12.2. The zero-order valence-electron chi connectivity index (χ0n) is 16.1. The Morgan fingerprint density at radius 3 is 1.75 bits per heavy atom. The third-order valence-corrected chi connectivity index (χ3v) is 5.48. The number of rotatable bonds is 6. The monoisotopic (exact) mass is 446 g/mol. The third kappa shape index (κ3) is 6.95. The first kappa shape index (κ1) is 26.4. The van der Waals surface area contributed by atoms with Crippen LogP contribution in [0.15, 0.2) is 0 Å². The van der Waals surface area contributed by atoms with Gasteiger partial charge in [-0.1, -0.05) is 13.3 Å². The molecule has 6 N–H and O–H groups in total. The van der Waals surface area contributed by atoms with E-state index in [4.69, 9.17) is 14.2 Å². The summed E-state index contributed by atoms with van der Waals surface area (Å²) in [5, 5.41) is 56.7. The van der Waals surface area contributed by atoms with Gasteiger partial charge in [-0.2, -0.15) is 25.3 Å². The molecule has 0 bridgehead atoms. The van der Waals surface area contributed by atoms with Crippen molar-refractivity contribution in [2.45, 2.75) is 87.9 Å². The van der Waals surface area contributed by atoms with Crippen molar-refractivity contribution in [3.05, 3.63) is 0 Å². The summed E-state index contributed by atoms with van der Waals surface area (Å²) in [6.45, 7) is 4.13. The normalized spacial score (nSPS) is 43.9. The summed E-state index contributed by atoms with van der Waals surface area (Å²) in [6, 6.07) is 0. The smallest absolute Gasteiger partial charge is 0.186 e. The highest BCUT2D eigenvalue weighted by molar-refractivity contribution is 7.80. The Hall–Kier alpha value is 0.340. The number of unbranched alkanes of at least 4 members (excludes halogenated alkanes) is 1. The molecule has 0 aromatic rings. The molecule has 0 spiro atoms. The maximum absolute atomic E-state index is 9.64. The number of ether oxygens (including phenoxy) is 3. The maximum atomic E-state index is 9.64. The van der Waals surface area contributed by atoms with Crippen molar-refractivity contribution in [1.29, 1.82) is 0 Å². The molecule has 0 aromatic heterocycles. The van der Waals surface area contributed by atoms with Crippen LogP contribution in [-0.4, -0.2) is 110 Å². The van der Waals surface area contributed by atoms with Crippen molar-refractivity contribution in [3.63, 3.8) is 0 Å². The van der Waals surface area contributed by atoms with E-state index in [0.717, 1.165) is 12.8 Å². The highest BCUT2D eigenvalue weighted by atomic mass is 32.1. The van der Waals surface area contributed by atoms with E-state index in [1.807, 2.05) is 6.92 Å². The van der Waals surface area contributed by atoms with Crippen molar-refractivity contribution < 1.29 is 44.8 Å². The number of thiol groups is 2. The molecular weight excluding hydrogens is 412 g/mol. The van der Waals surface area contributed by atoms with Crippen LogP contribution >= 0.6 is 25.3 Å². The van der Waals surface area contributed by atoms with E-state index in [9.17, 15) is 30.6 Å². The molecule has 10 atom stereocenters. The molecule has 2 aliphatic heterocycles. The fourth-order valence-electron chi connectivity index (χ4n) is 2.84. The second-order valence-electron chi connectivity index (χ2n) is 6.96. The van der Waals surface area contributed by atoms with E-state index in [0.29, 0.717) is 12.4 Å². The molecular formula is C17H34O9S2. The van der Waals surface area contributed by atoms with E-state index in [-0.39, 0.29) is 5.75 Å². The van der Waals surface area contributed by atoms with Crippen LogP contribution < -0.4 is 0 Å². The summed E-state index contributed by atoms with van der Waals surface area (Å²) in [5.41, 5.74) is 0. The lowest BCUT2D eigenvalue weighted by Crippen LogP contribution is -2.58. The van der Waals surface area contributed by atoms with Crippen molar-refractivity contribution in [1.82, 2.24) is 0 Å². The molecule has 2 heterocycles. The first-order valence-corrected chi connectivity index (χ1v) is 10.7. The van der Waals surface area contributed by atoms with Gasteiger partial charge in [-0.15, -0.1) is 0 Å². The van der Waals surface area contributed by atoms with Crippen molar-refractivity contribution in [3.8, 4) is 0 Å². The SMILES string of the molecule is CC1OC(CS)C(O)C(O)C1O.CCCCOC1OC(CS)C(O)C(O)C1O. The summed E-state index contributed by atoms with van der Waals surface area (Å²) in [6.07, 6.45) is -7.42. The zero-order valence-corrected chi connectivity index (χ0v) is 17.9. The van der Waals surface area contributed by atoms with Crippen LogP contribution in [0.3, 0.4) is 0 Å². The molecule has 0 amide bonds. The van der Waals surface area contributed by atoms with Gasteiger partial charge in [0.25, 0.3) is 0 Å². The Morgan fingerprint density at radius 2 is 1.25 bits per heavy atom. The van der Waals surface area contributed by atoms with Crippen LogP contribution in [0, 0.1) is 0 Å². The Morgan fingerprint density at radius 1 is 0.750 bits per heavy atom. The molecule has 0 aromatic carbocycles. The number of aliphatic hydroxyl groups is 6. The number of hydrogen-bond acceptors (Lipinski definition) is 11. The summed E-state index contributed by atoms with van der Waals surface area (Å²) in [7, 11) is 0. The minimum absolute atomic E-state index is 0.262. The van der Waals surface area contributed by atoms with Gasteiger partial charge < -0.3 is 44.8 Å². The number of aliphatic hydroxyl groups excluding tert-OH is 6. The highest BCUT2D eigenvalue weighted by Gasteiger charge is 2.43. The fourth-order valence-corrected chi connectivity index (χ4v) is 3.44. The predicted octanol–water partition coefficient (Wildman–Crippen LogP) is -1.67. The first-order valence-electron chi connectivity index (χ1n) is 9.42. The average molecular weight is 447 g/mol. The van der Waals surface area contributed by atoms with E-state index in [1.165, 1.54) is 0 Å². The third-order valence-electron chi connectivity index (χ3n) is 4.76. The molecule has 0 radical (unpaired) electrons. The van der Waals surface area contributed by atoms with Crippen LogP contribution in [-0.2, 0) is 14.2 Å². The first-order chi connectivity index (χ1) is 13.2. The van der Waals surface area contributed by atoms with Crippen LogP contribution in [0.1, 0.15) is 26.7 Å². The topological polar surface area (TPSA) is 149 Å². The van der Waals surface area contributed by atoms with Gasteiger partial charge in [-0.3, -0.25) is 0 Å².